The molecular weight excluding hydrogens is 188 g/mol. The van der Waals surface area contributed by atoms with Crippen molar-refractivity contribution in [2.24, 2.45) is 5.90 Å². The van der Waals surface area contributed by atoms with E-state index in [0.29, 0.717) is 5.56 Å². The van der Waals surface area contributed by atoms with Gasteiger partial charge in [-0.1, -0.05) is 0 Å². The fourth-order valence-electron chi connectivity index (χ4n) is 1.05. The number of benzene rings is 1. The molecule has 6 heteroatoms. The molecule has 6 nitrogen and oxygen atoms in total. The van der Waals surface area contributed by atoms with Gasteiger partial charge in [0.05, 0.1) is 10.5 Å². The molecule has 0 heterocycles. The molecule has 1 aromatic carbocycles. The monoisotopic (exact) mass is 196 g/mol. The van der Waals surface area contributed by atoms with E-state index in [0.717, 1.165) is 6.07 Å². The van der Waals surface area contributed by atoms with E-state index in [1.165, 1.54) is 12.1 Å². The van der Waals surface area contributed by atoms with E-state index in [1.54, 1.807) is 6.92 Å². The molecule has 0 aliphatic heterocycles. The van der Waals surface area contributed by atoms with Crippen LogP contribution in [0.15, 0.2) is 18.2 Å². The van der Waals surface area contributed by atoms with Crippen molar-refractivity contribution < 1.29 is 14.6 Å². The van der Waals surface area contributed by atoms with Gasteiger partial charge in [-0.15, -0.1) is 0 Å². The van der Waals surface area contributed by atoms with Gasteiger partial charge >= 0.3 is 5.97 Å². The van der Waals surface area contributed by atoms with Crippen molar-refractivity contribution in [1.29, 1.82) is 0 Å². The molecule has 0 fully saturated rings. The van der Waals surface area contributed by atoms with Crippen molar-refractivity contribution in [2.45, 2.75) is 6.92 Å². The summed E-state index contributed by atoms with van der Waals surface area (Å²) in [4.78, 5) is 24.8. The van der Waals surface area contributed by atoms with Crippen LogP contribution in [0.5, 0.6) is 0 Å². The molecule has 0 saturated carbocycles. The summed E-state index contributed by atoms with van der Waals surface area (Å²) in [6.07, 6.45) is 0. The third-order valence-corrected chi connectivity index (χ3v) is 1.62. The molecule has 2 N–H and O–H groups in total. The van der Waals surface area contributed by atoms with Gasteiger partial charge in [-0.3, -0.25) is 10.1 Å². The Labute approximate surface area is 79.4 Å². The second-order valence-corrected chi connectivity index (χ2v) is 2.72. The fraction of sp³-hybridized carbons (Fsp3) is 0.125. The highest BCUT2D eigenvalue weighted by Gasteiger charge is 2.13. The number of non-ortho nitro benzene ring substituents is 1. The Morgan fingerprint density at radius 1 is 1.50 bits per heavy atom. The Bertz CT molecular complexity index is 389. The molecule has 0 aliphatic rings. The van der Waals surface area contributed by atoms with Crippen molar-refractivity contribution in [3.05, 3.63) is 39.4 Å². The quantitative estimate of drug-likeness (QED) is 0.560. The predicted octanol–water partition coefficient (Wildman–Crippen LogP) is 0.934. The number of hydrogen-bond donors (Lipinski definition) is 1. The smallest absolute Gasteiger partial charge is 0.356 e. The zero-order valence-electron chi connectivity index (χ0n) is 7.39. The first-order chi connectivity index (χ1) is 6.54. The SMILES string of the molecule is Cc1cc(C(=O)ON)cc([N+](=O)[O-])c1. The molecule has 0 bridgehead atoms. The highest BCUT2D eigenvalue weighted by molar-refractivity contribution is 5.90. The molecule has 0 atom stereocenters. The molecule has 0 aliphatic carbocycles. The minimum absolute atomic E-state index is 0.0687. The molecular formula is C8H8N2O4. The zero-order valence-corrected chi connectivity index (χ0v) is 7.39. The Kier molecular flexibility index (Phi) is 2.78. The largest absolute Gasteiger partial charge is 0.370 e. The van der Waals surface area contributed by atoms with E-state index in [9.17, 15) is 14.9 Å². The van der Waals surface area contributed by atoms with Crippen LogP contribution in [0.25, 0.3) is 0 Å². The topological polar surface area (TPSA) is 95.5 Å². The van der Waals surface area contributed by atoms with Crippen LogP contribution >= 0.6 is 0 Å². The average molecular weight is 196 g/mol. The zero-order chi connectivity index (χ0) is 10.7. The van der Waals surface area contributed by atoms with Gasteiger partial charge in [0.2, 0.25) is 0 Å². The molecule has 0 spiro atoms. The summed E-state index contributed by atoms with van der Waals surface area (Å²) in [5, 5.41) is 10.4. The maximum Gasteiger partial charge on any atom is 0.356 e. The van der Waals surface area contributed by atoms with Crippen LogP contribution in [0, 0.1) is 17.0 Å². The summed E-state index contributed by atoms with van der Waals surface area (Å²) in [5.41, 5.74) is 0.504. The summed E-state index contributed by atoms with van der Waals surface area (Å²) in [5.74, 6) is 3.87. The maximum absolute atomic E-state index is 11.0. The van der Waals surface area contributed by atoms with E-state index in [2.05, 4.69) is 10.7 Å². The number of nitrogens with zero attached hydrogens (tertiary/aromatic N) is 1. The highest BCUT2D eigenvalue weighted by Crippen LogP contribution is 2.16. The summed E-state index contributed by atoms with van der Waals surface area (Å²) >= 11 is 0. The normalized spacial score (nSPS) is 9.57. The number of nitro benzene ring substituents is 1. The van der Waals surface area contributed by atoms with E-state index in [4.69, 9.17) is 0 Å². The summed E-state index contributed by atoms with van der Waals surface area (Å²) in [6.45, 7) is 1.64. The summed E-state index contributed by atoms with van der Waals surface area (Å²) < 4.78 is 0. The fourth-order valence-corrected chi connectivity index (χ4v) is 1.05. The third kappa shape index (κ3) is 2.05. The number of nitro groups is 1. The standard InChI is InChI=1S/C8H8N2O4/c1-5-2-6(8(11)14-9)4-7(3-5)10(12)13/h2-4H,9H2,1H3. The van der Waals surface area contributed by atoms with Crippen molar-refractivity contribution in [2.75, 3.05) is 0 Å². The lowest BCUT2D eigenvalue weighted by atomic mass is 10.1. The van der Waals surface area contributed by atoms with Gasteiger partial charge in [0, 0.05) is 12.1 Å². The molecule has 74 valence electrons. The molecule has 1 rings (SSSR count). The molecule has 0 radical (unpaired) electrons. The van der Waals surface area contributed by atoms with E-state index in [-0.39, 0.29) is 11.3 Å². The lowest BCUT2D eigenvalue weighted by molar-refractivity contribution is -0.384. The van der Waals surface area contributed by atoms with Gasteiger partial charge in [-0.2, -0.15) is 5.90 Å². The van der Waals surface area contributed by atoms with Crippen molar-refractivity contribution in [3.8, 4) is 0 Å². The average Bonchev–Trinajstić information content (AvgIpc) is 2.15. The van der Waals surface area contributed by atoms with Crippen LogP contribution in [0.4, 0.5) is 5.69 Å². The van der Waals surface area contributed by atoms with E-state index >= 15 is 0 Å². The molecule has 0 unspecified atom stereocenters. The van der Waals surface area contributed by atoms with Crippen LogP contribution < -0.4 is 5.90 Å². The first kappa shape index (κ1) is 10.1. The van der Waals surface area contributed by atoms with E-state index in [1.807, 2.05) is 0 Å². The minimum Gasteiger partial charge on any atom is -0.370 e. The number of nitrogens with two attached hydrogens (primary N) is 1. The summed E-state index contributed by atoms with van der Waals surface area (Å²) in [6, 6.07) is 3.93. The van der Waals surface area contributed by atoms with Gasteiger partial charge in [-0.05, 0) is 18.6 Å². The van der Waals surface area contributed by atoms with Crippen LogP contribution in [0.2, 0.25) is 0 Å². The lowest BCUT2D eigenvalue weighted by Crippen LogP contribution is -2.10. The van der Waals surface area contributed by atoms with Gasteiger partial charge < -0.3 is 4.84 Å². The van der Waals surface area contributed by atoms with Gasteiger partial charge in [-0.25, -0.2) is 4.79 Å². The maximum atomic E-state index is 11.0. The second-order valence-electron chi connectivity index (χ2n) is 2.72. The van der Waals surface area contributed by atoms with Gasteiger partial charge in [0.25, 0.3) is 5.69 Å². The second kappa shape index (κ2) is 3.84. The van der Waals surface area contributed by atoms with Crippen LogP contribution in [0.1, 0.15) is 15.9 Å². The Morgan fingerprint density at radius 2 is 2.14 bits per heavy atom. The number of hydrogen-bond acceptors (Lipinski definition) is 5. The number of carbonyl (C=O) groups is 1. The predicted molar refractivity (Wildman–Crippen MR) is 47.4 cm³/mol. The number of rotatable bonds is 2. The molecule has 0 amide bonds. The molecule has 0 aromatic heterocycles. The van der Waals surface area contributed by atoms with E-state index < -0.39 is 10.9 Å². The summed E-state index contributed by atoms with van der Waals surface area (Å²) in [7, 11) is 0. The van der Waals surface area contributed by atoms with Gasteiger partial charge in [0.1, 0.15) is 0 Å². The lowest BCUT2D eigenvalue weighted by Gasteiger charge is -1.99. The van der Waals surface area contributed by atoms with Crippen molar-refractivity contribution in [3.63, 3.8) is 0 Å². The molecule has 1 aromatic rings. The molecule has 14 heavy (non-hydrogen) atoms. The Hall–Kier alpha value is -1.95. The third-order valence-electron chi connectivity index (χ3n) is 1.62. The Morgan fingerprint density at radius 3 is 2.64 bits per heavy atom. The van der Waals surface area contributed by atoms with Crippen LogP contribution in [-0.2, 0) is 4.84 Å². The number of carbonyl (C=O) groups excluding carboxylic acids is 1. The van der Waals surface area contributed by atoms with Crippen LogP contribution in [-0.4, -0.2) is 10.9 Å². The minimum atomic E-state index is -0.795. The van der Waals surface area contributed by atoms with Crippen molar-refractivity contribution in [1.82, 2.24) is 0 Å². The van der Waals surface area contributed by atoms with Gasteiger partial charge in [0.15, 0.2) is 0 Å². The molecule has 0 saturated heterocycles. The highest BCUT2D eigenvalue weighted by atomic mass is 16.7. The first-order valence-corrected chi connectivity index (χ1v) is 3.71. The van der Waals surface area contributed by atoms with Crippen molar-refractivity contribution >= 4 is 11.7 Å². The Balaban J connectivity index is 3.20. The number of aryl methyl sites for hydroxylation is 1. The van der Waals surface area contributed by atoms with Crippen LogP contribution in [0.3, 0.4) is 0 Å². The first-order valence-electron chi connectivity index (χ1n) is 3.71.